The average molecular weight is 578 g/mol. The minimum absolute atomic E-state index is 0.0700. The van der Waals surface area contributed by atoms with Crippen molar-refractivity contribution in [3.05, 3.63) is 54.3 Å². The molecule has 1 aliphatic heterocycles. The van der Waals surface area contributed by atoms with Crippen LogP contribution in [0.15, 0.2) is 58.6 Å². The summed E-state index contributed by atoms with van der Waals surface area (Å²) in [6.45, 7) is 2.87. The van der Waals surface area contributed by atoms with Gasteiger partial charge in [0.25, 0.3) is 0 Å². The summed E-state index contributed by atoms with van der Waals surface area (Å²) in [4.78, 5) is 26.6. The van der Waals surface area contributed by atoms with Crippen molar-refractivity contribution in [1.82, 2.24) is 19.1 Å². The number of hydrogen-bond donors (Lipinski definition) is 0. The van der Waals surface area contributed by atoms with Crippen LogP contribution in [0, 0.1) is 5.82 Å². The second-order valence-corrected chi connectivity index (χ2v) is 11.3. The maximum atomic E-state index is 13.4. The first-order valence-electron chi connectivity index (χ1n) is 12.1. The predicted molar refractivity (Wildman–Crippen MR) is 142 cm³/mol. The fraction of sp³-hybridized carbons (Fsp3) is 0.360. The molecule has 0 unspecified atom stereocenters. The third-order valence-corrected chi connectivity index (χ3v) is 8.83. The highest BCUT2D eigenvalue weighted by Crippen LogP contribution is 2.26. The number of nitrogens with zero attached hydrogens (tertiary/aromatic N) is 5. The van der Waals surface area contributed by atoms with E-state index >= 15 is 0 Å². The number of carbonyl (C=O) groups is 2. The van der Waals surface area contributed by atoms with E-state index in [-0.39, 0.29) is 23.8 Å². The van der Waals surface area contributed by atoms with Crippen LogP contribution in [0.3, 0.4) is 0 Å². The van der Waals surface area contributed by atoms with Gasteiger partial charge in [-0.25, -0.2) is 12.8 Å². The van der Waals surface area contributed by atoms with Gasteiger partial charge in [-0.3, -0.25) is 9.59 Å². The molecule has 208 valence electrons. The second-order valence-electron chi connectivity index (χ2n) is 8.46. The Morgan fingerprint density at radius 2 is 1.74 bits per heavy atom. The molecule has 0 N–H and O–H groups in total. The van der Waals surface area contributed by atoms with Gasteiger partial charge >= 0.3 is 5.97 Å². The molecule has 11 nitrogen and oxygen atoms in total. The average Bonchev–Trinajstić information content (AvgIpc) is 3.31. The molecule has 0 bridgehead atoms. The molecule has 1 saturated heterocycles. The maximum Gasteiger partial charge on any atom is 0.326 e. The van der Waals surface area contributed by atoms with Crippen LogP contribution in [0.1, 0.15) is 6.92 Å². The molecule has 0 atom stereocenters. The molecule has 3 aromatic rings. The fourth-order valence-electron chi connectivity index (χ4n) is 3.89. The molecule has 1 aliphatic rings. The molecule has 1 fully saturated rings. The Labute approximate surface area is 230 Å². The molecule has 1 aromatic heterocycles. The van der Waals surface area contributed by atoms with Crippen LogP contribution in [0.4, 0.5) is 10.1 Å². The van der Waals surface area contributed by atoms with Crippen molar-refractivity contribution in [2.45, 2.75) is 17.0 Å². The van der Waals surface area contributed by atoms with Crippen LogP contribution in [-0.2, 0) is 36.1 Å². The van der Waals surface area contributed by atoms with Crippen LogP contribution in [-0.4, -0.2) is 84.6 Å². The zero-order valence-electron chi connectivity index (χ0n) is 21.4. The number of carbonyl (C=O) groups excluding carboxylic acids is 2. The first kappa shape index (κ1) is 28.7. The normalized spacial score (nSPS) is 14.2. The molecule has 0 saturated carbocycles. The molecule has 2 aromatic carbocycles. The van der Waals surface area contributed by atoms with Crippen molar-refractivity contribution in [2.24, 2.45) is 7.05 Å². The third kappa shape index (κ3) is 6.82. The molecular formula is C25H28FN5O6S2. The number of morpholine rings is 1. The minimum atomic E-state index is -3.62. The van der Waals surface area contributed by atoms with Gasteiger partial charge in [0, 0.05) is 31.4 Å². The maximum absolute atomic E-state index is 13.4. The van der Waals surface area contributed by atoms with E-state index in [0.717, 1.165) is 11.8 Å². The topological polar surface area (TPSA) is 124 Å². The number of ether oxygens (including phenoxy) is 2. The summed E-state index contributed by atoms with van der Waals surface area (Å²) in [5.74, 6) is -1.03. The Hall–Kier alpha value is -3.33. The Kier molecular flexibility index (Phi) is 9.32. The number of halogens is 1. The van der Waals surface area contributed by atoms with Crippen LogP contribution >= 0.6 is 11.8 Å². The summed E-state index contributed by atoms with van der Waals surface area (Å²) in [6, 6.07) is 11.6. The lowest BCUT2D eigenvalue weighted by Gasteiger charge is -2.26. The van der Waals surface area contributed by atoms with Gasteiger partial charge in [-0.05, 0) is 55.5 Å². The number of hydrogen-bond acceptors (Lipinski definition) is 9. The minimum Gasteiger partial charge on any atom is -0.465 e. The molecule has 4 rings (SSSR count). The quantitative estimate of drug-likeness (QED) is 0.264. The third-order valence-electron chi connectivity index (χ3n) is 5.91. The zero-order chi connectivity index (χ0) is 28.0. The number of rotatable bonds is 10. The Morgan fingerprint density at radius 3 is 2.38 bits per heavy atom. The van der Waals surface area contributed by atoms with Gasteiger partial charge in [0.05, 0.1) is 30.5 Å². The van der Waals surface area contributed by atoms with Crippen molar-refractivity contribution < 1.29 is 31.9 Å². The Bertz CT molecular complexity index is 1410. The van der Waals surface area contributed by atoms with E-state index in [2.05, 4.69) is 10.2 Å². The van der Waals surface area contributed by atoms with Gasteiger partial charge in [0.1, 0.15) is 12.4 Å². The smallest absolute Gasteiger partial charge is 0.326 e. The van der Waals surface area contributed by atoms with Crippen molar-refractivity contribution in [2.75, 3.05) is 50.1 Å². The van der Waals surface area contributed by atoms with E-state index in [1.807, 2.05) is 0 Å². The lowest BCUT2D eigenvalue weighted by Crippen LogP contribution is -2.40. The molecule has 2 heterocycles. The van der Waals surface area contributed by atoms with Crippen molar-refractivity contribution in [1.29, 1.82) is 0 Å². The summed E-state index contributed by atoms with van der Waals surface area (Å²) in [5.41, 5.74) is 1.01. The molecule has 14 heteroatoms. The SMILES string of the molecule is CCOC(=O)CN(C(=O)CSc1nnc(-c2ccc(S(=O)(=O)N3CCOCC3)cc2)n1C)c1ccc(F)cc1. The van der Waals surface area contributed by atoms with Gasteiger partial charge in [-0.15, -0.1) is 10.2 Å². The molecule has 1 amide bonds. The molecule has 0 spiro atoms. The van der Waals surface area contributed by atoms with Gasteiger partial charge in [0.2, 0.25) is 15.9 Å². The highest BCUT2D eigenvalue weighted by molar-refractivity contribution is 7.99. The van der Waals surface area contributed by atoms with Gasteiger partial charge in [-0.1, -0.05) is 11.8 Å². The van der Waals surface area contributed by atoms with E-state index in [9.17, 15) is 22.4 Å². The number of anilines is 1. The van der Waals surface area contributed by atoms with E-state index in [4.69, 9.17) is 9.47 Å². The van der Waals surface area contributed by atoms with Crippen LogP contribution in [0.5, 0.6) is 0 Å². The summed E-state index contributed by atoms with van der Waals surface area (Å²) in [6.07, 6.45) is 0. The summed E-state index contributed by atoms with van der Waals surface area (Å²) in [5, 5.41) is 8.82. The number of aromatic nitrogens is 3. The van der Waals surface area contributed by atoms with Crippen molar-refractivity contribution in [3.63, 3.8) is 0 Å². The predicted octanol–water partition coefficient (Wildman–Crippen LogP) is 2.33. The van der Waals surface area contributed by atoms with Gasteiger partial charge < -0.3 is 18.9 Å². The Balaban J connectivity index is 1.45. The van der Waals surface area contributed by atoms with Gasteiger partial charge in [-0.2, -0.15) is 4.31 Å². The van der Waals surface area contributed by atoms with Crippen molar-refractivity contribution in [3.8, 4) is 11.4 Å². The number of sulfonamides is 1. The first-order valence-corrected chi connectivity index (χ1v) is 14.6. The van der Waals surface area contributed by atoms with Crippen LogP contribution in [0.25, 0.3) is 11.4 Å². The summed E-state index contributed by atoms with van der Waals surface area (Å²) >= 11 is 1.12. The lowest BCUT2D eigenvalue weighted by atomic mass is 10.2. The number of benzene rings is 2. The Morgan fingerprint density at radius 1 is 1.08 bits per heavy atom. The molecular weight excluding hydrogens is 549 g/mol. The highest BCUT2D eigenvalue weighted by atomic mass is 32.2. The van der Waals surface area contributed by atoms with E-state index < -0.39 is 27.7 Å². The second kappa shape index (κ2) is 12.7. The lowest BCUT2D eigenvalue weighted by molar-refractivity contribution is -0.142. The molecule has 0 aliphatic carbocycles. The zero-order valence-corrected chi connectivity index (χ0v) is 23.1. The number of amides is 1. The van der Waals surface area contributed by atoms with Crippen LogP contribution in [0.2, 0.25) is 0 Å². The number of esters is 1. The largest absolute Gasteiger partial charge is 0.465 e. The summed E-state index contributed by atoms with van der Waals surface area (Å²) in [7, 11) is -1.89. The fourth-order valence-corrected chi connectivity index (χ4v) is 6.08. The van der Waals surface area contributed by atoms with Crippen molar-refractivity contribution >= 4 is 39.3 Å². The van der Waals surface area contributed by atoms with E-state index in [1.54, 1.807) is 30.7 Å². The first-order chi connectivity index (χ1) is 18.7. The monoisotopic (exact) mass is 577 g/mol. The molecule has 0 radical (unpaired) electrons. The summed E-state index contributed by atoms with van der Waals surface area (Å²) < 4.78 is 52.5. The van der Waals surface area contributed by atoms with E-state index in [0.29, 0.717) is 48.5 Å². The van der Waals surface area contributed by atoms with Crippen LogP contribution < -0.4 is 4.90 Å². The highest BCUT2D eigenvalue weighted by Gasteiger charge is 2.26. The van der Waals surface area contributed by atoms with Gasteiger partial charge in [0.15, 0.2) is 11.0 Å². The number of thioether (sulfide) groups is 1. The molecule has 39 heavy (non-hydrogen) atoms. The standard InChI is InChI=1S/C25H28FN5O6S2/c1-3-37-23(33)16-31(20-8-6-19(26)7-9-20)22(32)17-38-25-28-27-24(29(25)2)18-4-10-21(11-5-18)39(34,35)30-12-14-36-15-13-30/h4-11H,3,12-17H2,1-2H3. The van der Waals surface area contributed by atoms with E-state index in [1.165, 1.54) is 45.6 Å².